The maximum atomic E-state index is 11.9. The van der Waals surface area contributed by atoms with Crippen LogP contribution in [0.25, 0.3) is 11.3 Å². The van der Waals surface area contributed by atoms with E-state index in [1.807, 2.05) is 18.2 Å². The van der Waals surface area contributed by atoms with Crippen molar-refractivity contribution in [2.75, 3.05) is 11.9 Å². The molecule has 2 aromatic heterocycles. The summed E-state index contributed by atoms with van der Waals surface area (Å²) in [5.74, 6) is -0.745. The van der Waals surface area contributed by atoms with Crippen molar-refractivity contribution in [3.63, 3.8) is 0 Å². The van der Waals surface area contributed by atoms with E-state index in [2.05, 4.69) is 31.5 Å². The number of halogens is 2. The normalized spacial score (nSPS) is 10.5. The number of nitrogens with zero attached hydrogens (tertiary/aromatic N) is 1. The first-order chi connectivity index (χ1) is 12.0. The number of furan rings is 1. The van der Waals surface area contributed by atoms with Crippen molar-refractivity contribution in [3.05, 3.63) is 57.2 Å². The van der Waals surface area contributed by atoms with Gasteiger partial charge >= 0.3 is 0 Å². The second-order valence-corrected chi connectivity index (χ2v) is 6.90. The average Bonchev–Trinajstić information content (AvgIpc) is 3.22. The summed E-state index contributed by atoms with van der Waals surface area (Å²) in [5.41, 5.74) is 1.47. The fourth-order valence-electron chi connectivity index (χ4n) is 1.97. The van der Waals surface area contributed by atoms with E-state index in [9.17, 15) is 9.59 Å². The molecule has 0 fully saturated rings. The first-order valence-corrected chi connectivity index (χ1v) is 9.12. The molecule has 0 radical (unpaired) electrons. The number of carbonyl (C=O) groups is 2. The molecular weight excluding hydrogens is 430 g/mol. The maximum absolute atomic E-state index is 11.9. The van der Waals surface area contributed by atoms with Crippen molar-refractivity contribution in [2.45, 2.75) is 0 Å². The van der Waals surface area contributed by atoms with Gasteiger partial charge < -0.3 is 15.1 Å². The molecular formula is C16H11BrClN3O3S. The number of benzene rings is 1. The van der Waals surface area contributed by atoms with Gasteiger partial charge in [-0.2, -0.15) is 0 Å². The van der Waals surface area contributed by atoms with Crippen molar-refractivity contribution in [3.8, 4) is 11.3 Å². The Labute approximate surface area is 160 Å². The molecule has 0 saturated heterocycles. The summed E-state index contributed by atoms with van der Waals surface area (Å²) >= 11 is 10.5. The van der Waals surface area contributed by atoms with Gasteiger partial charge in [0.05, 0.1) is 12.2 Å². The van der Waals surface area contributed by atoms with E-state index < -0.39 is 5.91 Å². The number of hydrogen-bond acceptors (Lipinski definition) is 5. The molecule has 128 valence electrons. The second-order valence-electron chi connectivity index (χ2n) is 4.85. The molecule has 0 aliphatic rings. The maximum Gasteiger partial charge on any atom is 0.287 e. The quantitative estimate of drug-likeness (QED) is 0.623. The third kappa shape index (κ3) is 4.47. The molecule has 0 aliphatic heterocycles. The Hall–Kier alpha value is -2.16. The van der Waals surface area contributed by atoms with Crippen LogP contribution in [-0.2, 0) is 4.79 Å². The number of aromatic nitrogens is 1. The monoisotopic (exact) mass is 439 g/mol. The molecule has 0 aliphatic carbocycles. The summed E-state index contributed by atoms with van der Waals surface area (Å²) in [6.45, 7) is -0.196. The zero-order chi connectivity index (χ0) is 17.8. The van der Waals surface area contributed by atoms with E-state index in [4.69, 9.17) is 16.0 Å². The Morgan fingerprint density at radius 2 is 2.04 bits per heavy atom. The minimum Gasteiger partial charge on any atom is -0.444 e. The van der Waals surface area contributed by atoms with Crippen LogP contribution in [0.3, 0.4) is 0 Å². The number of nitrogens with one attached hydrogen (secondary N) is 2. The molecule has 3 aromatic rings. The fourth-order valence-corrected chi connectivity index (χ4v) is 3.24. The van der Waals surface area contributed by atoms with Gasteiger partial charge in [-0.1, -0.05) is 29.8 Å². The smallest absolute Gasteiger partial charge is 0.287 e. The SMILES string of the molecule is O=C(CNC(=O)c1ccc(Br)o1)Nc1nc(-c2ccccc2Cl)cs1. The second kappa shape index (κ2) is 7.81. The van der Waals surface area contributed by atoms with Crippen LogP contribution in [0, 0.1) is 0 Å². The lowest BCUT2D eigenvalue weighted by Gasteiger charge is -2.03. The Bertz CT molecular complexity index is 925. The molecule has 6 nitrogen and oxygen atoms in total. The third-order valence-electron chi connectivity index (χ3n) is 3.11. The van der Waals surface area contributed by atoms with Crippen molar-refractivity contribution in [2.24, 2.45) is 0 Å². The first-order valence-electron chi connectivity index (χ1n) is 7.07. The predicted molar refractivity (Wildman–Crippen MR) is 99.9 cm³/mol. The largest absolute Gasteiger partial charge is 0.444 e. The van der Waals surface area contributed by atoms with E-state index in [0.29, 0.717) is 20.5 Å². The van der Waals surface area contributed by atoms with Gasteiger partial charge in [-0.05, 0) is 34.1 Å². The highest BCUT2D eigenvalue weighted by Gasteiger charge is 2.13. The van der Waals surface area contributed by atoms with E-state index in [0.717, 1.165) is 5.56 Å². The lowest BCUT2D eigenvalue weighted by Crippen LogP contribution is -2.32. The van der Waals surface area contributed by atoms with E-state index in [-0.39, 0.29) is 18.2 Å². The van der Waals surface area contributed by atoms with Crippen LogP contribution in [0.15, 0.2) is 50.9 Å². The van der Waals surface area contributed by atoms with E-state index in [1.165, 1.54) is 17.4 Å². The number of anilines is 1. The van der Waals surface area contributed by atoms with Crippen LogP contribution in [0.2, 0.25) is 5.02 Å². The summed E-state index contributed by atoms with van der Waals surface area (Å²) in [6.07, 6.45) is 0. The molecule has 0 atom stereocenters. The van der Waals surface area contributed by atoms with Crippen LogP contribution >= 0.6 is 38.9 Å². The predicted octanol–water partition coefficient (Wildman–Crippen LogP) is 4.19. The summed E-state index contributed by atoms with van der Waals surface area (Å²) < 4.78 is 5.55. The number of amides is 2. The molecule has 2 amide bonds. The molecule has 0 unspecified atom stereocenters. The molecule has 0 bridgehead atoms. The van der Waals surface area contributed by atoms with Crippen molar-refractivity contribution >= 4 is 55.8 Å². The number of rotatable bonds is 5. The Kier molecular flexibility index (Phi) is 5.52. The first kappa shape index (κ1) is 17.7. The Morgan fingerprint density at radius 1 is 1.24 bits per heavy atom. The lowest BCUT2D eigenvalue weighted by atomic mass is 10.2. The summed E-state index contributed by atoms with van der Waals surface area (Å²) in [6, 6.07) is 10.4. The van der Waals surface area contributed by atoms with Crippen molar-refractivity contribution in [1.82, 2.24) is 10.3 Å². The van der Waals surface area contributed by atoms with Gasteiger partial charge in [0.1, 0.15) is 0 Å². The van der Waals surface area contributed by atoms with Crippen LogP contribution in [0.1, 0.15) is 10.6 Å². The third-order valence-corrected chi connectivity index (χ3v) is 4.62. The molecule has 0 spiro atoms. The van der Waals surface area contributed by atoms with Crippen LogP contribution in [0.4, 0.5) is 5.13 Å². The van der Waals surface area contributed by atoms with Crippen LogP contribution in [0.5, 0.6) is 0 Å². The van der Waals surface area contributed by atoms with Gasteiger partial charge in [0, 0.05) is 16.0 Å². The van der Waals surface area contributed by atoms with Gasteiger partial charge in [0.2, 0.25) is 5.91 Å². The molecule has 9 heteroatoms. The van der Waals surface area contributed by atoms with E-state index >= 15 is 0 Å². The summed E-state index contributed by atoms with van der Waals surface area (Å²) in [4.78, 5) is 28.1. The standard InChI is InChI=1S/C16H11BrClN3O3S/c17-13-6-5-12(24-13)15(23)19-7-14(22)21-16-20-11(8-25-16)9-3-1-2-4-10(9)18/h1-6,8H,7H2,(H,19,23)(H,20,21,22). The average molecular weight is 441 g/mol. The fraction of sp³-hybridized carbons (Fsp3) is 0.0625. The molecule has 1 aromatic carbocycles. The highest BCUT2D eigenvalue weighted by molar-refractivity contribution is 9.10. The van der Waals surface area contributed by atoms with Crippen molar-refractivity contribution in [1.29, 1.82) is 0 Å². The Balaban J connectivity index is 1.57. The van der Waals surface area contributed by atoms with Crippen LogP contribution in [-0.4, -0.2) is 23.3 Å². The van der Waals surface area contributed by atoms with Crippen molar-refractivity contribution < 1.29 is 14.0 Å². The van der Waals surface area contributed by atoms with E-state index in [1.54, 1.807) is 17.5 Å². The highest BCUT2D eigenvalue weighted by Crippen LogP contribution is 2.30. The van der Waals surface area contributed by atoms with Crippen LogP contribution < -0.4 is 10.6 Å². The molecule has 2 heterocycles. The number of carbonyl (C=O) groups excluding carboxylic acids is 2. The molecule has 2 N–H and O–H groups in total. The molecule has 0 saturated carbocycles. The van der Waals surface area contributed by atoms with Gasteiger partial charge in [-0.25, -0.2) is 4.98 Å². The minimum absolute atomic E-state index is 0.120. The Morgan fingerprint density at radius 3 is 2.76 bits per heavy atom. The molecule has 3 rings (SSSR count). The molecule has 25 heavy (non-hydrogen) atoms. The van der Waals surface area contributed by atoms with Gasteiger partial charge in [0.15, 0.2) is 15.6 Å². The van der Waals surface area contributed by atoms with Gasteiger partial charge in [-0.3, -0.25) is 9.59 Å². The van der Waals surface area contributed by atoms with Gasteiger partial charge in [0.25, 0.3) is 5.91 Å². The number of thiazole rings is 1. The summed E-state index contributed by atoms with van der Waals surface area (Å²) in [5, 5.41) is 7.92. The zero-order valence-corrected chi connectivity index (χ0v) is 15.7. The zero-order valence-electron chi connectivity index (χ0n) is 12.6. The van der Waals surface area contributed by atoms with Gasteiger partial charge in [-0.15, -0.1) is 11.3 Å². The highest BCUT2D eigenvalue weighted by atomic mass is 79.9. The lowest BCUT2D eigenvalue weighted by molar-refractivity contribution is -0.115. The topological polar surface area (TPSA) is 84.2 Å². The summed E-state index contributed by atoms with van der Waals surface area (Å²) in [7, 11) is 0. The minimum atomic E-state index is -0.475. The number of hydrogen-bond donors (Lipinski definition) is 2.